The zero-order chi connectivity index (χ0) is 20.6. The van der Waals surface area contributed by atoms with Gasteiger partial charge in [-0.25, -0.2) is 4.39 Å². The molecule has 2 aromatic carbocycles. The van der Waals surface area contributed by atoms with E-state index in [0.717, 1.165) is 11.3 Å². The number of piperazine rings is 1. The van der Waals surface area contributed by atoms with Crippen LogP contribution in [0.3, 0.4) is 0 Å². The molecule has 0 aliphatic carbocycles. The second-order valence-electron chi connectivity index (χ2n) is 7.20. The van der Waals surface area contributed by atoms with Gasteiger partial charge >= 0.3 is 0 Å². The minimum atomic E-state index is -0.271. The molecule has 3 rings (SSSR count). The van der Waals surface area contributed by atoms with E-state index in [9.17, 15) is 14.0 Å². The van der Waals surface area contributed by atoms with Gasteiger partial charge in [0.25, 0.3) is 0 Å². The molecule has 6 heteroatoms. The van der Waals surface area contributed by atoms with Gasteiger partial charge in [0.05, 0.1) is 7.11 Å². The molecule has 2 amide bonds. The molecule has 0 saturated carbocycles. The average molecular weight is 398 g/mol. The average Bonchev–Trinajstić information content (AvgIpc) is 2.77. The fourth-order valence-corrected chi connectivity index (χ4v) is 3.51. The predicted octanol–water partition coefficient (Wildman–Crippen LogP) is 3.07. The summed E-state index contributed by atoms with van der Waals surface area (Å²) in [6, 6.07) is 14.3. The number of methoxy groups -OCH3 is 1. The first-order chi connectivity index (χ1) is 14.1. The SMILES string of the molecule is COc1ccc(CCC(=O)N2CCN(C(=O)CCc3ccccc3F)CC2)cc1. The Morgan fingerprint density at radius 3 is 1.97 bits per heavy atom. The van der Waals surface area contributed by atoms with Gasteiger partial charge in [0.1, 0.15) is 11.6 Å². The molecule has 1 aliphatic rings. The third-order valence-electron chi connectivity index (χ3n) is 5.34. The van der Waals surface area contributed by atoms with Gasteiger partial charge in [-0.3, -0.25) is 9.59 Å². The number of hydrogen-bond acceptors (Lipinski definition) is 3. The van der Waals surface area contributed by atoms with Crippen LogP contribution >= 0.6 is 0 Å². The number of carbonyl (C=O) groups excluding carboxylic acids is 2. The molecule has 0 N–H and O–H groups in total. The lowest BCUT2D eigenvalue weighted by Crippen LogP contribution is -2.50. The van der Waals surface area contributed by atoms with Crippen molar-refractivity contribution in [2.75, 3.05) is 33.3 Å². The van der Waals surface area contributed by atoms with Crippen LogP contribution in [0, 0.1) is 5.82 Å². The van der Waals surface area contributed by atoms with E-state index in [0.29, 0.717) is 51.0 Å². The largest absolute Gasteiger partial charge is 0.497 e. The van der Waals surface area contributed by atoms with E-state index in [1.54, 1.807) is 30.2 Å². The number of aryl methyl sites for hydroxylation is 2. The molecule has 0 radical (unpaired) electrons. The highest BCUT2D eigenvalue weighted by Gasteiger charge is 2.23. The molecule has 0 atom stereocenters. The van der Waals surface area contributed by atoms with Crippen molar-refractivity contribution in [2.45, 2.75) is 25.7 Å². The first kappa shape index (κ1) is 20.8. The minimum absolute atomic E-state index is 0.0126. The van der Waals surface area contributed by atoms with Gasteiger partial charge < -0.3 is 14.5 Å². The highest BCUT2D eigenvalue weighted by molar-refractivity contribution is 5.78. The maximum atomic E-state index is 13.7. The molecule has 1 heterocycles. The third kappa shape index (κ3) is 5.79. The van der Waals surface area contributed by atoms with Crippen molar-refractivity contribution in [3.8, 4) is 5.75 Å². The van der Waals surface area contributed by atoms with E-state index < -0.39 is 0 Å². The first-order valence-corrected chi connectivity index (χ1v) is 9.98. The Bertz CT molecular complexity index is 830. The number of benzene rings is 2. The van der Waals surface area contributed by atoms with Crippen LogP contribution in [0.5, 0.6) is 5.75 Å². The topological polar surface area (TPSA) is 49.9 Å². The molecule has 0 bridgehead atoms. The van der Waals surface area contributed by atoms with Crippen LogP contribution in [0.2, 0.25) is 0 Å². The highest BCUT2D eigenvalue weighted by Crippen LogP contribution is 2.14. The summed E-state index contributed by atoms with van der Waals surface area (Å²) in [6.45, 7) is 2.16. The van der Waals surface area contributed by atoms with Crippen LogP contribution in [0.1, 0.15) is 24.0 Å². The third-order valence-corrected chi connectivity index (χ3v) is 5.34. The number of carbonyl (C=O) groups is 2. The van der Waals surface area contributed by atoms with Crippen molar-refractivity contribution in [3.05, 3.63) is 65.5 Å². The standard InChI is InChI=1S/C23H27FN2O3/c1-29-20-10-6-18(7-11-20)8-12-22(27)25-14-16-26(17-15-25)23(28)13-9-19-4-2-3-5-21(19)24/h2-7,10-11H,8-9,12-17H2,1H3. The van der Waals surface area contributed by atoms with Crippen LogP contribution in [0.4, 0.5) is 4.39 Å². The van der Waals surface area contributed by atoms with Gasteiger partial charge in [-0.15, -0.1) is 0 Å². The molecule has 5 nitrogen and oxygen atoms in total. The van der Waals surface area contributed by atoms with Crippen molar-refractivity contribution >= 4 is 11.8 Å². The van der Waals surface area contributed by atoms with Crippen molar-refractivity contribution in [1.29, 1.82) is 0 Å². The minimum Gasteiger partial charge on any atom is -0.497 e. The van der Waals surface area contributed by atoms with Crippen LogP contribution < -0.4 is 4.74 Å². The maximum absolute atomic E-state index is 13.7. The molecule has 1 fully saturated rings. The van der Waals surface area contributed by atoms with Crippen molar-refractivity contribution in [2.24, 2.45) is 0 Å². The van der Waals surface area contributed by atoms with Crippen LogP contribution in [0.15, 0.2) is 48.5 Å². The van der Waals surface area contributed by atoms with Gasteiger partial charge in [-0.2, -0.15) is 0 Å². The zero-order valence-electron chi connectivity index (χ0n) is 16.8. The van der Waals surface area contributed by atoms with Gasteiger partial charge in [0, 0.05) is 39.0 Å². The number of hydrogen-bond donors (Lipinski definition) is 0. The molecular formula is C23H27FN2O3. The summed E-state index contributed by atoms with van der Waals surface area (Å²) in [6.07, 6.45) is 1.82. The molecule has 1 saturated heterocycles. The van der Waals surface area contributed by atoms with Crippen LogP contribution in [0.25, 0.3) is 0 Å². The van der Waals surface area contributed by atoms with E-state index in [2.05, 4.69) is 0 Å². The first-order valence-electron chi connectivity index (χ1n) is 9.98. The van der Waals surface area contributed by atoms with Gasteiger partial charge in [0.15, 0.2) is 0 Å². The van der Waals surface area contributed by atoms with Crippen molar-refractivity contribution in [3.63, 3.8) is 0 Å². The Morgan fingerprint density at radius 1 is 0.862 bits per heavy atom. The maximum Gasteiger partial charge on any atom is 0.223 e. The lowest BCUT2D eigenvalue weighted by molar-refractivity contribution is -0.139. The fourth-order valence-electron chi connectivity index (χ4n) is 3.51. The van der Waals surface area contributed by atoms with Crippen molar-refractivity contribution < 1.29 is 18.7 Å². The molecule has 0 aromatic heterocycles. The Balaban J connectivity index is 1.40. The van der Waals surface area contributed by atoms with Crippen molar-refractivity contribution in [1.82, 2.24) is 9.80 Å². The summed E-state index contributed by atoms with van der Waals surface area (Å²) in [4.78, 5) is 28.5. The predicted molar refractivity (Wildman–Crippen MR) is 109 cm³/mol. The smallest absolute Gasteiger partial charge is 0.223 e. The quantitative estimate of drug-likeness (QED) is 0.720. The molecular weight excluding hydrogens is 371 g/mol. The van der Waals surface area contributed by atoms with Crippen LogP contribution in [-0.2, 0) is 22.4 Å². The Morgan fingerprint density at radius 2 is 1.41 bits per heavy atom. The van der Waals surface area contributed by atoms with E-state index in [-0.39, 0.29) is 24.1 Å². The Kier molecular flexibility index (Phi) is 7.22. The molecule has 154 valence electrons. The van der Waals surface area contributed by atoms with Gasteiger partial charge in [-0.1, -0.05) is 30.3 Å². The van der Waals surface area contributed by atoms with Gasteiger partial charge in [0.2, 0.25) is 11.8 Å². The Hall–Kier alpha value is -2.89. The second-order valence-corrected chi connectivity index (χ2v) is 7.20. The summed E-state index contributed by atoms with van der Waals surface area (Å²) in [5, 5.41) is 0. The Labute approximate surface area is 171 Å². The number of rotatable bonds is 7. The second kappa shape index (κ2) is 10.0. The molecule has 0 unspecified atom stereocenters. The van der Waals surface area contributed by atoms with E-state index in [1.165, 1.54) is 6.07 Å². The number of halogens is 1. The van der Waals surface area contributed by atoms with Gasteiger partial charge in [-0.05, 0) is 42.2 Å². The summed E-state index contributed by atoms with van der Waals surface area (Å²) < 4.78 is 18.8. The molecule has 29 heavy (non-hydrogen) atoms. The van der Waals surface area contributed by atoms with E-state index in [4.69, 9.17) is 4.74 Å². The fraction of sp³-hybridized carbons (Fsp3) is 0.391. The number of nitrogens with zero attached hydrogens (tertiary/aromatic N) is 2. The number of amides is 2. The van der Waals surface area contributed by atoms with E-state index >= 15 is 0 Å². The summed E-state index contributed by atoms with van der Waals surface area (Å²) >= 11 is 0. The zero-order valence-corrected chi connectivity index (χ0v) is 16.8. The molecule has 2 aromatic rings. The summed E-state index contributed by atoms with van der Waals surface area (Å²) in [5.41, 5.74) is 1.66. The monoisotopic (exact) mass is 398 g/mol. The van der Waals surface area contributed by atoms with E-state index in [1.807, 2.05) is 29.2 Å². The summed E-state index contributed by atoms with van der Waals surface area (Å²) in [7, 11) is 1.63. The van der Waals surface area contributed by atoms with Crippen LogP contribution in [-0.4, -0.2) is 54.9 Å². The summed E-state index contributed by atoms with van der Waals surface area (Å²) in [5.74, 6) is 0.654. The molecule has 1 aliphatic heterocycles. The molecule has 0 spiro atoms. The number of ether oxygens (including phenoxy) is 1. The highest BCUT2D eigenvalue weighted by atomic mass is 19.1. The lowest BCUT2D eigenvalue weighted by atomic mass is 10.1. The normalized spacial score (nSPS) is 14.0. The lowest BCUT2D eigenvalue weighted by Gasteiger charge is -2.35.